The van der Waals surface area contributed by atoms with Crippen molar-refractivity contribution in [2.75, 3.05) is 0 Å². The molecule has 0 bridgehead atoms. The molecule has 2 heteroatoms. The molecule has 0 aliphatic carbocycles. The highest BCUT2D eigenvalue weighted by Gasteiger charge is 2.01. The van der Waals surface area contributed by atoms with Gasteiger partial charge in [0.15, 0.2) is 0 Å². The van der Waals surface area contributed by atoms with Crippen molar-refractivity contribution in [3.63, 3.8) is 0 Å². The van der Waals surface area contributed by atoms with Crippen LogP contribution in [0.2, 0.25) is 0 Å². The Hall–Kier alpha value is -1.44. The van der Waals surface area contributed by atoms with Crippen molar-refractivity contribution in [2.24, 2.45) is 0 Å². The van der Waals surface area contributed by atoms with Gasteiger partial charge in [0.2, 0.25) is 0 Å². The molecule has 1 N–H and O–H groups in total. The number of hydrogen-bond donors (Lipinski definition) is 1. The summed E-state index contributed by atoms with van der Waals surface area (Å²) in [6.45, 7) is 4.48. The van der Waals surface area contributed by atoms with Gasteiger partial charge in [0, 0.05) is 18.1 Å². The van der Waals surface area contributed by atoms with Gasteiger partial charge in [-0.3, -0.25) is 0 Å². The average Bonchev–Trinajstić information content (AvgIpc) is 2.49. The number of benzene rings is 1. The molecule has 1 aromatic carbocycles. The Morgan fingerprint density at radius 3 is 2.92 bits per heavy atom. The minimum Gasteiger partial charge on any atom is -0.507 e. The summed E-state index contributed by atoms with van der Waals surface area (Å²) < 4.78 is 2.00. The maximum absolute atomic E-state index is 9.45. The second-order valence-electron chi connectivity index (χ2n) is 2.72. The zero-order valence-corrected chi connectivity index (χ0v) is 6.70. The summed E-state index contributed by atoms with van der Waals surface area (Å²) in [6, 6.07) is 7.40. The van der Waals surface area contributed by atoms with Crippen LogP contribution < -0.4 is 0 Å². The number of rotatable bonds is 1. The molecule has 0 unspecified atom stereocenters. The zero-order chi connectivity index (χ0) is 8.55. The fraction of sp³-hybridized carbons (Fsp3) is 0.100. The van der Waals surface area contributed by atoms with Crippen LogP contribution in [0.15, 0.2) is 30.5 Å². The molecule has 0 aliphatic heterocycles. The number of nitrogens with zero attached hydrogens (tertiary/aromatic N) is 1. The molecule has 2 rings (SSSR count). The van der Waals surface area contributed by atoms with Crippen LogP contribution in [-0.4, -0.2) is 9.67 Å². The minimum absolute atomic E-state index is 0.333. The third kappa shape index (κ3) is 0.881. The smallest absolute Gasteiger partial charge is 0.124 e. The largest absolute Gasteiger partial charge is 0.507 e. The summed E-state index contributed by atoms with van der Waals surface area (Å²) in [5, 5.41) is 10.3. The van der Waals surface area contributed by atoms with Crippen LogP contribution in [0.1, 0.15) is 0 Å². The standard InChI is InChI=1S/C10H10NO/c1-2-11-7-6-8-9(11)4-3-5-10(8)12/h3-7,12H,1-2H2. The molecule has 61 valence electrons. The summed E-state index contributed by atoms with van der Waals surface area (Å²) in [5.74, 6) is 0.333. The molecule has 0 saturated carbocycles. The molecule has 0 fully saturated rings. The van der Waals surface area contributed by atoms with Gasteiger partial charge in [-0.1, -0.05) is 6.07 Å². The molecule has 0 atom stereocenters. The molecular formula is C10H10NO. The van der Waals surface area contributed by atoms with E-state index in [1.165, 1.54) is 0 Å². The first-order valence-electron chi connectivity index (χ1n) is 3.89. The van der Waals surface area contributed by atoms with Crippen LogP contribution in [0, 0.1) is 6.92 Å². The second kappa shape index (κ2) is 2.55. The van der Waals surface area contributed by atoms with Gasteiger partial charge in [0.05, 0.1) is 5.52 Å². The van der Waals surface area contributed by atoms with E-state index in [9.17, 15) is 5.11 Å². The lowest BCUT2D eigenvalue weighted by Crippen LogP contribution is -1.89. The molecule has 0 aliphatic rings. The molecule has 1 aromatic heterocycles. The molecule has 1 heterocycles. The Kier molecular flexibility index (Phi) is 1.54. The summed E-state index contributed by atoms with van der Waals surface area (Å²) in [4.78, 5) is 0. The van der Waals surface area contributed by atoms with Crippen molar-refractivity contribution in [2.45, 2.75) is 6.54 Å². The van der Waals surface area contributed by atoms with E-state index in [0.29, 0.717) is 12.3 Å². The topological polar surface area (TPSA) is 25.2 Å². The lowest BCUT2D eigenvalue weighted by molar-refractivity contribution is 0.481. The Balaban J connectivity index is 2.80. The molecule has 0 saturated heterocycles. The first-order chi connectivity index (χ1) is 5.83. The lowest BCUT2D eigenvalue weighted by Gasteiger charge is -1.99. The molecule has 0 amide bonds. The van der Waals surface area contributed by atoms with Gasteiger partial charge in [-0.15, -0.1) is 0 Å². The van der Waals surface area contributed by atoms with Crippen molar-refractivity contribution in [1.82, 2.24) is 4.57 Å². The van der Waals surface area contributed by atoms with Crippen molar-refractivity contribution in [3.8, 4) is 5.75 Å². The van der Waals surface area contributed by atoms with Crippen LogP contribution in [0.3, 0.4) is 0 Å². The van der Waals surface area contributed by atoms with E-state index in [4.69, 9.17) is 0 Å². The number of aromatic nitrogens is 1. The van der Waals surface area contributed by atoms with E-state index in [1.807, 2.05) is 29.0 Å². The van der Waals surface area contributed by atoms with E-state index >= 15 is 0 Å². The van der Waals surface area contributed by atoms with Crippen LogP contribution in [0.4, 0.5) is 0 Å². The van der Waals surface area contributed by atoms with E-state index < -0.39 is 0 Å². The molecule has 2 nitrogen and oxygen atoms in total. The highest BCUT2D eigenvalue weighted by Crippen LogP contribution is 2.24. The van der Waals surface area contributed by atoms with E-state index in [2.05, 4.69) is 6.92 Å². The fourth-order valence-corrected chi connectivity index (χ4v) is 1.40. The van der Waals surface area contributed by atoms with Gasteiger partial charge in [-0.05, 0) is 25.1 Å². The fourth-order valence-electron chi connectivity index (χ4n) is 1.40. The number of phenols is 1. The third-order valence-electron chi connectivity index (χ3n) is 2.03. The van der Waals surface area contributed by atoms with Gasteiger partial charge in [-0.25, -0.2) is 0 Å². The number of aromatic hydroxyl groups is 1. The van der Waals surface area contributed by atoms with Gasteiger partial charge in [0.1, 0.15) is 5.75 Å². The van der Waals surface area contributed by atoms with E-state index in [1.54, 1.807) is 6.07 Å². The molecule has 1 radical (unpaired) electrons. The Morgan fingerprint density at radius 1 is 1.33 bits per heavy atom. The molecule has 12 heavy (non-hydrogen) atoms. The van der Waals surface area contributed by atoms with Crippen molar-refractivity contribution < 1.29 is 5.11 Å². The normalized spacial score (nSPS) is 10.8. The highest BCUT2D eigenvalue weighted by atomic mass is 16.3. The Labute approximate surface area is 71.1 Å². The first-order valence-corrected chi connectivity index (χ1v) is 3.89. The molecule has 0 spiro atoms. The summed E-state index contributed by atoms with van der Waals surface area (Å²) in [6.07, 6.45) is 1.93. The third-order valence-corrected chi connectivity index (χ3v) is 2.03. The predicted molar refractivity (Wildman–Crippen MR) is 49.0 cm³/mol. The van der Waals surface area contributed by atoms with Gasteiger partial charge < -0.3 is 9.67 Å². The lowest BCUT2D eigenvalue weighted by atomic mass is 10.2. The van der Waals surface area contributed by atoms with E-state index in [-0.39, 0.29) is 0 Å². The molecule has 2 aromatic rings. The highest BCUT2D eigenvalue weighted by molar-refractivity contribution is 5.86. The van der Waals surface area contributed by atoms with E-state index in [0.717, 1.165) is 10.9 Å². The molecular weight excluding hydrogens is 150 g/mol. The van der Waals surface area contributed by atoms with Gasteiger partial charge in [-0.2, -0.15) is 0 Å². The Bertz CT molecular complexity index is 403. The van der Waals surface area contributed by atoms with Crippen molar-refractivity contribution in [1.29, 1.82) is 0 Å². The first kappa shape index (κ1) is 7.22. The van der Waals surface area contributed by atoms with Crippen LogP contribution >= 0.6 is 0 Å². The zero-order valence-electron chi connectivity index (χ0n) is 6.70. The van der Waals surface area contributed by atoms with Gasteiger partial charge >= 0.3 is 0 Å². The predicted octanol–water partition coefficient (Wildman–Crippen LogP) is 2.18. The van der Waals surface area contributed by atoms with Gasteiger partial charge in [0.25, 0.3) is 0 Å². The maximum Gasteiger partial charge on any atom is 0.124 e. The average molecular weight is 160 g/mol. The summed E-state index contributed by atoms with van der Waals surface area (Å²) in [7, 11) is 0. The number of phenolic OH excluding ortho intramolecular Hbond substituents is 1. The maximum atomic E-state index is 9.45. The second-order valence-corrected chi connectivity index (χ2v) is 2.72. The van der Waals surface area contributed by atoms with Crippen molar-refractivity contribution >= 4 is 10.9 Å². The number of hydrogen-bond acceptors (Lipinski definition) is 1. The quantitative estimate of drug-likeness (QED) is 0.679. The van der Waals surface area contributed by atoms with Crippen molar-refractivity contribution in [3.05, 3.63) is 37.4 Å². The SMILES string of the molecule is [CH2]Cn1ccc2c(O)cccc21. The van der Waals surface area contributed by atoms with Crippen LogP contribution in [-0.2, 0) is 6.54 Å². The van der Waals surface area contributed by atoms with Crippen LogP contribution in [0.5, 0.6) is 5.75 Å². The summed E-state index contributed by atoms with van der Waals surface area (Å²) in [5.41, 5.74) is 1.03. The minimum atomic E-state index is 0.333. The number of fused-ring (bicyclic) bond motifs is 1. The Morgan fingerprint density at radius 2 is 2.17 bits per heavy atom. The van der Waals surface area contributed by atoms with Crippen LogP contribution in [0.25, 0.3) is 10.9 Å². The summed E-state index contributed by atoms with van der Waals surface area (Å²) >= 11 is 0. The monoisotopic (exact) mass is 160 g/mol.